The first-order chi connectivity index (χ1) is 17.6. The molecule has 186 valence electrons. The van der Waals surface area contributed by atoms with Crippen LogP contribution in [0.5, 0.6) is 5.75 Å². The molecule has 36 heavy (non-hydrogen) atoms. The summed E-state index contributed by atoms with van der Waals surface area (Å²) in [6.07, 6.45) is 4.88. The van der Waals surface area contributed by atoms with Crippen LogP contribution in [0.4, 0.5) is 0 Å². The molecule has 1 aromatic heterocycles. The molecule has 2 aliphatic heterocycles. The van der Waals surface area contributed by atoms with Gasteiger partial charge in [0.1, 0.15) is 5.75 Å². The quantitative estimate of drug-likeness (QED) is 0.410. The van der Waals surface area contributed by atoms with Gasteiger partial charge in [0.25, 0.3) is 5.91 Å². The van der Waals surface area contributed by atoms with Crippen molar-refractivity contribution < 1.29 is 14.3 Å². The summed E-state index contributed by atoms with van der Waals surface area (Å²) in [5.74, 6) is 1.23. The number of carbonyl (C=O) groups is 1. The van der Waals surface area contributed by atoms with E-state index >= 15 is 0 Å². The molecular weight excluding hydrogens is 472 g/mol. The van der Waals surface area contributed by atoms with Crippen LogP contribution in [0.1, 0.15) is 25.8 Å². The molecule has 7 nitrogen and oxygen atoms in total. The maximum Gasteiger partial charge on any atom is 0.286 e. The number of aliphatic imine (C=N–C) groups is 1. The first-order valence-electron chi connectivity index (χ1n) is 12.3. The number of amides is 1. The molecule has 0 radical (unpaired) electrons. The minimum Gasteiger partial charge on any atom is -0.494 e. The van der Waals surface area contributed by atoms with E-state index in [0.29, 0.717) is 30.6 Å². The standard InChI is InChI=1S/C28H30N4O3S/c1-20(2)12-15-35-24-10-8-21(9-11-24)26-22(19-32(30-26)23-6-4-3-5-7-23)18-25-27(33)29-28(36-25)31-13-16-34-17-14-31/h3-11,18-20H,12-17H2,1-2H3. The number of benzene rings is 2. The van der Waals surface area contributed by atoms with Crippen LogP contribution in [-0.2, 0) is 9.53 Å². The largest absolute Gasteiger partial charge is 0.494 e. The first-order valence-corrected chi connectivity index (χ1v) is 13.1. The molecule has 8 heteroatoms. The normalized spacial score (nSPS) is 17.2. The number of morpholine rings is 1. The summed E-state index contributed by atoms with van der Waals surface area (Å²) in [6.45, 7) is 7.86. The lowest BCUT2D eigenvalue weighted by atomic mass is 10.1. The first kappa shape index (κ1) is 24.3. The third-order valence-electron chi connectivity index (χ3n) is 6.03. The fraction of sp³-hybridized carbons (Fsp3) is 0.321. The predicted molar refractivity (Wildman–Crippen MR) is 144 cm³/mol. The van der Waals surface area contributed by atoms with Gasteiger partial charge in [-0.15, -0.1) is 0 Å². The highest BCUT2D eigenvalue weighted by molar-refractivity contribution is 8.18. The number of ether oxygens (including phenoxy) is 2. The smallest absolute Gasteiger partial charge is 0.286 e. The van der Waals surface area contributed by atoms with Gasteiger partial charge in [0, 0.05) is 30.4 Å². The minimum absolute atomic E-state index is 0.214. The summed E-state index contributed by atoms with van der Waals surface area (Å²) in [5, 5.41) is 5.63. The molecule has 0 aliphatic carbocycles. The molecule has 1 fully saturated rings. The summed E-state index contributed by atoms with van der Waals surface area (Å²) >= 11 is 1.42. The topological polar surface area (TPSA) is 68.9 Å². The Labute approximate surface area is 215 Å². The Morgan fingerprint density at radius 3 is 2.56 bits per heavy atom. The van der Waals surface area contributed by atoms with Gasteiger partial charge in [-0.05, 0) is 66.6 Å². The average molecular weight is 503 g/mol. The molecule has 0 spiro atoms. The predicted octanol–water partition coefficient (Wildman–Crippen LogP) is 5.27. The van der Waals surface area contributed by atoms with Gasteiger partial charge in [-0.25, -0.2) is 4.68 Å². The molecule has 5 rings (SSSR count). The van der Waals surface area contributed by atoms with Crippen molar-refractivity contribution in [3.05, 3.63) is 71.3 Å². The SMILES string of the molecule is CC(C)CCOc1ccc(-c2nn(-c3ccccc3)cc2C=C2SC(N3CCOCC3)=NC2=O)cc1. The molecule has 3 aromatic rings. The van der Waals surface area contributed by atoms with Crippen LogP contribution in [-0.4, -0.2) is 58.7 Å². The third-order valence-corrected chi connectivity index (χ3v) is 7.08. The highest BCUT2D eigenvalue weighted by atomic mass is 32.2. The van der Waals surface area contributed by atoms with Crippen LogP contribution < -0.4 is 4.74 Å². The monoisotopic (exact) mass is 502 g/mol. The average Bonchev–Trinajstić information content (AvgIpc) is 3.49. The number of hydrogen-bond acceptors (Lipinski definition) is 6. The number of nitrogens with zero attached hydrogens (tertiary/aromatic N) is 4. The van der Waals surface area contributed by atoms with E-state index in [-0.39, 0.29) is 5.91 Å². The van der Waals surface area contributed by atoms with Gasteiger partial charge in [-0.2, -0.15) is 10.1 Å². The van der Waals surface area contributed by atoms with Gasteiger partial charge < -0.3 is 14.4 Å². The molecule has 1 saturated heterocycles. The Morgan fingerprint density at radius 2 is 1.83 bits per heavy atom. The molecule has 0 saturated carbocycles. The Bertz CT molecular complexity index is 1260. The second-order valence-corrected chi connectivity index (χ2v) is 10.2. The minimum atomic E-state index is -0.214. The Balaban J connectivity index is 1.43. The van der Waals surface area contributed by atoms with Gasteiger partial charge in [0.2, 0.25) is 0 Å². The maximum atomic E-state index is 12.8. The van der Waals surface area contributed by atoms with Crippen LogP contribution in [0.25, 0.3) is 23.0 Å². The third kappa shape index (κ3) is 5.71. The van der Waals surface area contributed by atoms with Crippen molar-refractivity contribution >= 4 is 28.9 Å². The maximum absolute atomic E-state index is 12.8. The van der Waals surface area contributed by atoms with Gasteiger partial charge in [0.05, 0.1) is 36.1 Å². The van der Waals surface area contributed by atoms with Crippen molar-refractivity contribution in [1.82, 2.24) is 14.7 Å². The summed E-state index contributed by atoms with van der Waals surface area (Å²) in [4.78, 5) is 19.8. The van der Waals surface area contributed by atoms with Crippen molar-refractivity contribution in [1.29, 1.82) is 0 Å². The van der Waals surface area contributed by atoms with Crippen LogP contribution in [0, 0.1) is 5.92 Å². The summed E-state index contributed by atoms with van der Waals surface area (Å²) in [5.41, 5.74) is 3.57. The molecular formula is C28H30N4O3S. The van der Waals surface area contributed by atoms with E-state index in [9.17, 15) is 4.79 Å². The van der Waals surface area contributed by atoms with Crippen molar-refractivity contribution in [3.8, 4) is 22.7 Å². The molecule has 3 heterocycles. The molecule has 0 unspecified atom stereocenters. The van der Waals surface area contributed by atoms with E-state index in [1.807, 2.05) is 71.6 Å². The van der Waals surface area contributed by atoms with Crippen LogP contribution >= 0.6 is 11.8 Å². The number of carbonyl (C=O) groups excluding carboxylic acids is 1. The van der Waals surface area contributed by atoms with Crippen LogP contribution in [0.2, 0.25) is 0 Å². The fourth-order valence-corrected chi connectivity index (χ4v) is 4.94. The molecule has 2 aromatic carbocycles. The van der Waals surface area contributed by atoms with Crippen LogP contribution in [0.3, 0.4) is 0 Å². The van der Waals surface area contributed by atoms with E-state index in [0.717, 1.165) is 52.9 Å². The lowest BCUT2D eigenvalue weighted by Crippen LogP contribution is -2.38. The van der Waals surface area contributed by atoms with Crippen molar-refractivity contribution in [2.24, 2.45) is 10.9 Å². The highest BCUT2D eigenvalue weighted by Gasteiger charge is 2.28. The lowest BCUT2D eigenvalue weighted by Gasteiger charge is -2.27. The van der Waals surface area contributed by atoms with Crippen LogP contribution in [0.15, 0.2) is 70.7 Å². The number of amidine groups is 1. The molecule has 1 amide bonds. The molecule has 0 N–H and O–H groups in total. The second kappa shape index (κ2) is 11.1. The van der Waals surface area contributed by atoms with E-state index in [1.165, 1.54) is 11.8 Å². The van der Waals surface area contributed by atoms with Gasteiger partial charge >= 0.3 is 0 Å². The Kier molecular flexibility index (Phi) is 7.53. The van der Waals surface area contributed by atoms with Crippen molar-refractivity contribution in [3.63, 3.8) is 0 Å². The van der Waals surface area contributed by atoms with E-state index in [1.54, 1.807) is 0 Å². The molecule has 2 aliphatic rings. The zero-order chi connectivity index (χ0) is 24.9. The van der Waals surface area contributed by atoms with Gasteiger partial charge in [-0.3, -0.25) is 4.79 Å². The number of thioether (sulfide) groups is 1. The summed E-state index contributed by atoms with van der Waals surface area (Å²) < 4.78 is 13.2. The Morgan fingerprint density at radius 1 is 1.08 bits per heavy atom. The van der Waals surface area contributed by atoms with E-state index in [4.69, 9.17) is 14.6 Å². The molecule has 0 bridgehead atoms. The number of aromatic nitrogens is 2. The number of rotatable bonds is 7. The van der Waals surface area contributed by atoms with Gasteiger partial charge in [-0.1, -0.05) is 32.0 Å². The number of hydrogen-bond donors (Lipinski definition) is 0. The van der Waals surface area contributed by atoms with E-state index in [2.05, 4.69) is 23.7 Å². The highest BCUT2D eigenvalue weighted by Crippen LogP contribution is 2.34. The lowest BCUT2D eigenvalue weighted by molar-refractivity contribution is -0.113. The van der Waals surface area contributed by atoms with Crippen molar-refractivity contribution in [2.45, 2.75) is 20.3 Å². The fourth-order valence-electron chi connectivity index (χ4n) is 3.98. The van der Waals surface area contributed by atoms with E-state index < -0.39 is 0 Å². The number of para-hydroxylation sites is 1. The second-order valence-electron chi connectivity index (χ2n) is 9.18. The zero-order valence-electron chi connectivity index (χ0n) is 20.6. The molecule has 0 atom stereocenters. The summed E-state index contributed by atoms with van der Waals surface area (Å²) in [6, 6.07) is 17.9. The Hall–Kier alpha value is -3.36. The van der Waals surface area contributed by atoms with Gasteiger partial charge in [0.15, 0.2) is 5.17 Å². The van der Waals surface area contributed by atoms with Crippen molar-refractivity contribution in [2.75, 3.05) is 32.9 Å². The zero-order valence-corrected chi connectivity index (χ0v) is 21.4. The summed E-state index contributed by atoms with van der Waals surface area (Å²) in [7, 11) is 0.